The molecule has 0 unspecified atom stereocenters. The summed E-state index contributed by atoms with van der Waals surface area (Å²) in [5, 5.41) is 8.79. The lowest BCUT2D eigenvalue weighted by Gasteiger charge is -2.09. The highest BCUT2D eigenvalue weighted by molar-refractivity contribution is 5.60. The molecule has 120 valence electrons. The van der Waals surface area contributed by atoms with Crippen LogP contribution in [-0.4, -0.2) is 15.9 Å². The van der Waals surface area contributed by atoms with Gasteiger partial charge in [-0.2, -0.15) is 5.26 Å². The van der Waals surface area contributed by atoms with E-state index in [4.69, 9.17) is 5.26 Å². The molecule has 0 fully saturated rings. The Morgan fingerprint density at radius 3 is 2.25 bits per heavy atom. The van der Waals surface area contributed by atoms with Crippen molar-refractivity contribution in [2.45, 2.75) is 6.36 Å². The first-order valence-corrected chi connectivity index (χ1v) is 6.85. The van der Waals surface area contributed by atoms with Crippen LogP contribution in [0.2, 0.25) is 0 Å². The zero-order valence-corrected chi connectivity index (χ0v) is 12.2. The molecule has 0 spiro atoms. The SMILES string of the molecule is N#Cc1ccc(-c2cn(-c3ccc(OC(F)(F)F)cc3)cn2)cc1. The van der Waals surface area contributed by atoms with Crippen LogP contribution in [0.15, 0.2) is 61.1 Å². The molecule has 24 heavy (non-hydrogen) atoms. The minimum atomic E-state index is -4.71. The standard InChI is InChI=1S/C17H10F3N3O/c18-17(19,20)24-15-7-5-14(6-8-15)23-10-16(22-11-23)13-3-1-12(9-21)2-4-13/h1-8,10-11H. The molecule has 0 radical (unpaired) electrons. The minimum absolute atomic E-state index is 0.279. The van der Waals surface area contributed by atoms with Gasteiger partial charge in [0.25, 0.3) is 0 Å². The Labute approximate surface area is 135 Å². The lowest BCUT2D eigenvalue weighted by Crippen LogP contribution is -2.17. The van der Waals surface area contributed by atoms with Crippen molar-refractivity contribution in [1.82, 2.24) is 9.55 Å². The number of ether oxygens (including phenoxy) is 1. The van der Waals surface area contributed by atoms with Crippen LogP contribution < -0.4 is 4.74 Å². The van der Waals surface area contributed by atoms with Gasteiger partial charge >= 0.3 is 6.36 Å². The van der Waals surface area contributed by atoms with Crippen molar-refractivity contribution in [3.05, 3.63) is 66.6 Å². The molecule has 3 rings (SSSR count). The number of nitriles is 1. The molecule has 0 saturated heterocycles. The number of rotatable bonds is 3. The Balaban J connectivity index is 1.81. The van der Waals surface area contributed by atoms with E-state index in [1.807, 2.05) is 6.07 Å². The summed E-state index contributed by atoms with van der Waals surface area (Å²) in [4.78, 5) is 4.27. The minimum Gasteiger partial charge on any atom is -0.406 e. The average molecular weight is 329 g/mol. The first kappa shape index (κ1) is 15.6. The number of halogens is 3. The van der Waals surface area contributed by atoms with Crippen LogP contribution in [-0.2, 0) is 0 Å². The third-order valence-corrected chi connectivity index (χ3v) is 3.26. The van der Waals surface area contributed by atoms with E-state index in [1.165, 1.54) is 24.3 Å². The lowest BCUT2D eigenvalue weighted by molar-refractivity contribution is -0.274. The quantitative estimate of drug-likeness (QED) is 0.719. The average Bonchev–Trinajstić information content (AvgIpc) is 3.04. The third kappa shape index (κ3) is 3.55. The second-order valence-corrected chi connectivity index (χ2v) is 4.90. The number of hydrogen-bond donors (Lipinski definition) is 0. The molecule has 0 bridgehead atoms. The number of hydrogen-bond acceptors (Lipinski definition) is 3. The van der Waals surface area contributed by atoms with Gasteiger partial charge < -0.3 is 9.30 Å². The molecule has 4 nitrogen and oxygen atoms in total. The summed E-state index contributed by atoms with van der Waals surface area (Å²) >= 11 is 0. The second-order valence-electron chi connectivity index (χ2n) is 4.90. The molecule has 0 N–H and O–H groups in total. The van der Waals surface area contributed by atoms with E-state index in [9.17, 15) is 13.2 Å². The Kier molecular flexibility index (Phi) is 3.96. The van der Waals surface area contributed by atoms with Crippen LogP contribution in [0.5, 0.6) is 5.75 Å². The number of aromatic nitrogens is 2. The number of benzene rings is 2. The van der Waals surface area contributed by atoms with E-state index in [1.54, 1.807) is 41.4 Å². The highest BCUT2D eigenvalue weighted by Gasteiger charge is 2.30. The molecule has 7 heteroatoms. The summed E-state index contributed by atoms with van der Waals surface area (Å²) < 4.78 is 42.0. The molecular formula is C17H10F3N3O. The molecule has 2 aromatic carbocycles. The second kappa shape index (κ2) is 6.08. The van der Waals surface area contributed by atoms with Gasteiger partial charge in [-0.25, -0.2) is 4.98 Å². The van der Waals surface area contributed by atoms with Crippen LogP contribution in [0.4, 0.5) is 13.2 Å². The van der Waals surface area contributed by atoms with Gasteiger partial charge in [0.15, 0.2) is 0 Å². The zero-order chi connectivity index (χ0) is 17.2. The summed E-state index contributed by atoms with van der Waals surface area (Å²) in [6, 6.07) is 14.5. The largest absolute Gasteiger partial charge is 0.573 e. The molecule has 0 saturated carbocycles. The van der Waals surface area contributed by atoms with Gasteiger partial charge in [0.2, 0.25) is 0 Å². The fourth-order valence-electron chi connectivity index (χ4n) is 2.15. The van der Waals surface area contributed by atoms with Gasteiger partial charge in [-0.1, -0.05) is 12.1 Å². The normalized spacial score (nSPS) is 11.1. The van der Waals surface area contributed by atoms with Gasteiger partial charge in [-0.05, 0) is 36.4 Å². The van der Waals surface area contributed by atoms with Crippen molar-refractivity contribution < 1.29 is 17.9 Å². The van der Waals surface area contributed by atoms with Crippen molar-refractivity contribution in [2.75, 3.05) is 0 Å². The highest BCUT2D eigenvalue weighted by atomic mass is 19.4. The van der Waals surface area contributed by atoms with Gasteiger partial charge in [-0.15, -0.1) is 13.2 Å². The van der Waals surface area contributed by atoms with Crippen molar-refractivity contribution >= 4 is 0 Å². The molecule has 1 heterocycles. The van der Waals surface area contributed by atoms with E-state index < -0.39 is 6.36 Å². The first-order chi connectivity index (χ1) is 11.4. The van der Waals surface area contributed by atoms with Gasteiger partial charge in [0, 0.05) is 17.4 Å². The zero-order valence-electron chi connectivity index (χ0n) is 12.2. The molecule has 1 aromatic heterocycles. The fourth-order valence-corrected chi connectivity index (χ4v) is 2.15. The van der Waals surface area contributed by atoms with Crippen LogP contribution in [0.25, 0.3) is 16.9 Å². The predicted octanol–water partition coefficient (Wildman–Crippen LogP) is 4.31. The predicted molar refractivity (Wildman–Crippen MR) is 80.4 cm³/mol. The Morgan fingerprint density at radius 1 is 1.00 bits per heavy atom. The third-order valence-electron chi connectivity index (χ3n) is 3.26. The van der Waals surface area contributed by atoms with E-state index >= 15 is 0 Å². The Hall–Kier alpha value is -3.27. The van der Waals surface area contributed by atoms with Crippen LogP contribution in [0.3, 0.4) is 0 Å². The molecule has 0 aliphatic heterocycles. The number of nitrogens with zero attached hydrogens (tertiary/aromatic N) is 3. The maximum absolute atomic E-state index is 12.2. The van der Waals surface area contributed by atoms with Crippen LogP contribution in [0, 0.1) is 11.3 Å². The maximum Gasteiger partial charge on any atom is 0.573 e. The van der Waals surface area contributed by atoms with Gasteiger partial charge in [-0.3, -0.25) is 0 Å². The molecule has 3 aromatic rings. The van der Waals surface area contributed by atoms with Crippen molar-refractivity contribution in [3.63, 3.8) is 0 Å². The van der Waals surface area contributed by atoms with Crippen LogP contribution in [0.1, 0.15) is 5.56 Å². The summed E-state index contributed by atoms with van der Waals surface area (Å²) in [5.74, 6) is -0.279. The van der Waals surface area contributed by atoms with Gasteiger partial charge in [0.1, 0.15) is 5.75 Å². The number of imidazole rings is 1. The highest BCUT2D eigenvalue weighted by Crippen LogP contribution is 2.24. The molecule has 0 atom stereocenters. The fraction of sp³-hybridized carbons (Fsp3) is 0.0588. The number of alkyl halides is 3. The lowest BCUT2D eigenvalue weighted by atomic mass is 10.1. The van der Waals surface area contributed by atoms with Crippen LogP contribution >= 0.6 is 0 Å². The van der Waals surface area contributed by atoms with Crippen molar-refractivity contribution in [2.24, 2.45) is 0 Å². The molecule has 0 aliphatic rings. The smallest absolute Gasteiger partial charge is 0.406 e. The molecule has 0 aliphatic carbocycles. The van der Waals surface area contributed by atoms with Crippen molar-refractivity contribution in [1.29, 1.82) is 5.26 Å². The summed E-state index contributed by atoms with van der Waals surface area (Å²) in [6.07, 6.45) is -1.40. The first-order valence-electron chi connectivity index (χ1n) is 6.85. The van der Waals surface area contributed by atoms with E-state index in [-0.39, 0.29) is 5.75 Å². The summed E-state index contributed by atoms with van der Waals surface area (Å²) in [6.45, 7) is 0. The summed E-state index contributed by atoms with van der Waals surface area (Å²) in [7, 11) is 0. The Morgan fingerprint density at radius 2 is 1.67 bits per heavy atom. The van der Waals surface area contributed by atoms with E-state index in [2.05, 4.69) is 9.72 Å². The summed E-state index contributed by atoms with van der Waals surface area (Å²) in [5.41, 5.74) is 2.73. The monoisotopic (exact) mass is 329 g/mol. The molecular weight excluding hydrogens is 319 g/mol. The van der Waals surface area contributed by atoms with E-state index in [0.717, 1.165) is 5.56 Å². The Bertz CT molecular complexity index is 875. The van der Waals surface area contributed by atoms with E-state index in [0.29, 0.717) is 16.9 Å². The maximum atomic E-state index is 12.2. The van der Waals surface area contributed by atoms with Crippen molar-refractivity contribution in [3.8, 4) is 28.8 Å². The topological polar surface area (TPSA) is 50.8 Å². The molecule has 0 amide bonds. The van der Waals surface area contributed by atoms with Gasteiger partial charge in [0.05, 0.1) is 23.7 Å².